The normalized spacial score (nSPS) is 11.5. The van der Waals surface area contributed by atoms with Crippen LogP contribution in [0.5, 0.6) is 11.5 Å². The molecule has 1 amide bonds. The molecule has 0 aliphatic carbocycles. The van der Waals surface area contributed by atoms with Crippen molar-refractivity contribution < 1.29 is 31.1 Å². The van der Waals surface area contributed by atoms with E-state index in [9.17, 15) is 21.6 Å². The molecular weight excluding hydrogens is 606 g/mol. The highest BCUT2D eigenvalue weighted by atomic mass is 32.2. The summed E-state index contributed by atoms with van der Waals surface area (Å²) < 4.78 is 67.5. The fraction of sp³-hybridized carbons (Fsp3) is 0.233. The van der Waals surface area contributed by atoms with E-state index in [4.69, 9.17) is 9.47 Å². The molecule has 0 spiro atoms. The standard InChI is InChI=1S/C30H33N5O7S2/c1-19-13-20(2)15-24(14-19)35(44(39,40)26-11-12-27(41-5)28(17-26)42-6)18-29(36)33-23-7-9-25(10-8-23)43(37,38)34-30-31-21(3)16-22(4)32-30/h7-17H,18H2,1-6H3,(H,33,36)(H,31,32,34). The lowest BCUT2D eigenvalue weighted by atomic mass is 10.1. The van der Waals surface area contributed by atoms with Crippen LogP contribution in [0.1, 0.15) is 22.5 Å². The first kappa shape index (κ1) is 32.2. The van der Waals surface area contributed by atoms with Crippen LogP contribution in [0.4, 0.5) is 17.3 Å². The summed E-state index contributed by atoms with van der Waals surface area (Å²) >= 11 is 0. The molecule has 0 aliphatic rings. The van der Waals surface area contributed by atoms with E-state index in [1.165, 1.54) is 56.7 Å². The van der Waals surface area contributed by atoms with Gasteiger partial charge >= 0.3 is 0 Å². The van der Waals surface area contributed by atoms with Crippen molar-refractivity contribution in [1.82, 2.24) is 9.97 Å². The number of amides is 1. The summed E-state index contributed by atoms with van der Waals surface area (Å²) in [6.45, 7) is 6.54. The third-order valence-corrected chi connectivity index (χ3v) is 9.49. The number of carbonyl (C=O) groups is 1. The zero-order valence-corrected chi connectivity index (χ0v) is 26.7. The summed E-state index contributed by atoms with van der Waals surface area (Å²) in [5, 5.41) is 2.65. The first-order valence-corrected chi connectivity index (χ1v) is 16.2. The molecule has 2 N–H and O–H groups in total. The molecule has 0 fully saturated rings. The smallest absolute Gasteiger partial charge is 0.264 e. The van der Waals surface area contributed by atoms with Gasteiger partial charge in [0, 0.05) is 23.1 Å². The number of methoxy groups -OCH3 is 2. The van der Waals surface area contributed by atoms with E-state index < -0.39 is 32.5 Å². The lowest BCUT2D eigenvalue weighted by molar-refractivity contribution is -0.114. The molecule has 14 heteroatoms. The second-order valence-corrected chi connectivity index (χ2v) is 13.6. The molecule has 44 heavy (non-hydrogen) atoms. The Labute approximate surface area is 257 Å². The van der Waals surface area contributed by atoms with Crippen LogP contribution in [0.15, 0.2) is 76.5 Å². The molecule has 0 aliphatic heterocycles. The summed E-state index contributed by atoms with van der Waals surface area (Å²) in [6.07, 6.45) is 0. The zero-order valence-electron chi connectivity index (χ0n) is 25.1. The number of rotatable bonds is 11. The Morgan fingerprint density at radius 3 is 1.89 bits per heavy atom. The molecule has 3 aromatic carbocycles. The molecule has 0 saturated carbocycles. The number of aryl methyl sites for hydroxylation is 4. The van der Waals surface area contributed by atoms with Gasteiger partial charge in [-0.2, -0.15) is 0 Å². The average molecular weight is 640 g/mol. The SMILES string of the molecule is COc1ccc(S(=O)(=O)N(CC(=O)Nc2ccc(S(=O)(=O)Nc3nc(C)cc(C)n3)cc2)c2cc(C)cc(C)c2)cc1OC. The molecule has 1 aromatic heterocycles. The maximum absolute atomic E-state index is 13.9. The average Bonchev–Trinajstić information content (AvgIpc) is 2.94. The third-order valence-electron chi connectivity index (χ3n) is 6.38. The van der Waals surface area contributed by atoms with Gasteiger partial charge in [0.15, 0.2) is 11.5 Å². The van der Waals surface area contributed by atoms with Crippen molar-refractivity contribution in [3.63, 3.8) is 0 Å². The fourth-order valence-electron chi connectivity index (χ4n) is 4.51. The maximum Gasteiger partial charge on any atom is 0.264 e. The van der Waals surface area contributed by atoms with Gasteiger partial charge in [-0.25, -0.2) is 31.5 Å². The largest absolute Gasteiger partial charge is 0.493 e. The Morgan fingerprint density at radius 1 is 0.750 bits per heavy atom. The number of sulfonamides is 2. The van der Waals surface area contributed by atoms with E-state index in [0.717, 1.165) is 15.4 Å². The van der Waals surface area contributed by atoms with Gasteiger partial charge in [-0.3, -0.25) is 9.10 Å². The summed E-state index contributed by atoms with van der Waals surface area (Å²) in [5.74, 6) is -0.135. The van der Waals surface area contributed by atoms with E-state index in [1.54, 1.807) is 32.0 Å². The molecule has 12 nitrogen and oxygen atoms in total. The van der Waals surface area contributed by atoms with Crippen molar-refractivity contribution in [1.29, 1.82) is 0 Å². The van der Waals surface area contributed by atoms with Crippen LogP contribution < -0.4 is 23.8 Å². The highest BCUT2D eigenvalue weighted by Crippen LogP contribution is 2.33. The van der Waals surface area contributed by atoms with Gasteiger partial charge in [-0.1, -0.05) is 6.07 Å². The van der Waals surface area contributed by atoms with Gasteiger partial charge in [-0.15, -0.1) is 0 Å². The number of hydrogen-bond donors (Lipinski definition) is 2. The third kappa shape index (κ3) is 7.44. The fourth-order valence-corrected chi connectivity index (χ4v) is 6.88. The van der Waals surface area contributed by atoms with Gasteiger partial charge in [0.1, 0.15) is 6.54 Å². The number of nitrogens with zero attached hydrogens (tertiary/aromatic N) is 3. The Morgan fingerprint density at radius 2 is 1.32 bits per heavy atom. The highest BCUT2D eigenvalue weighted by Gasteiger charge is 2.29. The van der Waals surface area contributed by atoms with Crippen LogP contribution in [-0.2, 0) is 24.8 Å². The Hall–Kier alpha value is -4.69. The number of benzene rings is 3. The molecule has 1 heterocycles. The number of anilines is 3. The minimum Gasteiger partial charge on any atom is -0.493 e. The summed E-state index contributed by atoms with van der Waals surface area (Å²) in [4.78, 5) is 21.3. The summed E-state index contributed by atoms with van der Waals surface area (Å²) in [7, 11) is -5.43. The van der Waals surface area contributed by atoms with Gasteiger partial charge in [0.2, 0.25) is 11.9 Å². The van der Waals surface area contributed by atoms with Crippen LogP contribution in [0.2, 0.25) is 0 Å². The van der Waals surface area contributed by atoms with Crippen LogP contribution in [0.25, 0.3) is 0 Å². The predicted molar refractivity (Wildman–Crippen MR) is 167 cm³/mol. The summed E-state index contributed by atoms with van der Waals surface area (Å²) in [5.41, 5.74) is 3.40. The molecule has 0 atom stereocenters. The quantitative estimate of drug-likeness (QED) is 0.243. The first-order chi connectivity index (χ1) is 20.7. The minimum absolute atomic E-state index is 0.0537. The number of carbonyl (C=O) groups excluding carboxylic acids is 1. The Balaban J connectivity index is 1.59. The van der Waals surface area contributed by atoms with E-state index in [0.29, 0.717) is 22.8 Å². The van der Waals surface area contributed by atoms with Crippen molar-refractivity contribution in [2.24, 2.45) is 0 Å². The number of aromatic nitrogens is 2. The molecule has 0 saturated heterocycles. The van der Waals surface area contributed by atoms with Gasteiger partial charge < -0.3 is 14.8 Å². The second-order valence-electron chi connectivity index (χ2n) is 10.0. The number of ether oxygens (including phenoxy) is 2. The van der Waals surface area contributed by atoms with Crippen molar-refractivity contribution in [2.45, 2.75) is 37.5 Å². The molecule has 4 aromatic rings. The van der Waals surface area contributed by atoms with E-state index in [-0.39, 0.29) is 27.2 Å². The lowest BCUT2D eigenvalue weighted by Crippen LogP contribution is -2.38. The number of hydrogen-bond acceptors (Lipinski definition) is 9. The molecule has 0 unspecified atom stereocenters. The van der Waals surface area contributed by atoms with E-state index in [2.05, 4.69) is 20.0 Å². The van der Waals surface area contributed by atoms with Crippen molar-refractivity contribution in [3.8, 4) is 11.5 Å². The monoisotopic (exact) mass is 639 g/mol. The molecular formula is C30H33N5O7S2. The molecule has 4 rings (SSSR count). The van der Waals surface area contributed by atoms with E-state index >= 15 is 0 Å². The van der Waals surface area contributed by atoms with Crippen molar-refractivity contribution in [3.05, 3.63) is 89.2 Å². The first-order valence-electron chi connectivity index (χ1n) is 13.3. The molecule has 0 radical (unpaired) electrons. The predicted octanol–water partition coefficient (Wildman–Crippen LogP) is 4.36. The molecule has 232 valence electrons. The van der Waals surface area contributed by atoms with Crippen molar-refractivity contribution >= 4 is 43.3 Å². The summed E-state index contributed by atoms with van der Waals surface area (Å²) in [6, 6.07) is 16.6. The molecule has 0 bridgehead atoms. The zero-order chi connectivity index (χ0) is 32.2. The van der Waals surface area contributed by atoms with Gasteiger partial charge in [-0.05, 0) is 93.4 Å². The minimum atomic E-state index is -4.26. The topological polar surface area (TPSA) is 157 Å². The maximum atomic E-state index is 13.9. The van der Waals surface area contributed by atoms with Gasteiger partial charge in [0.05, 0.1) is 29.7 Å². The highest BCUT2D eigenvalue weighted by molar-refractivity contribution is 7.93. The Kier molecular flexibility index (Phi) is 9.44. The van der Waals surface area contributed by atoms with E-state index in [1.807, 2.05) is 19.9 Å². The lowest BCUT2D eigenvalue weighted by Gasteiger charge is -2.25. The van der Waals surface area contributed by atoms with Crippen LogP contribution in [0.3, 0.4) is 0 Å². The Bertz CT molecular complexity index is 1870. The van der Waals surface area contributed by atoms with Gasteiger partial charge in [0.25, 0.3) is 20.0 Å². The number of nitrogens with one attached hydrogen (secondary N) is 2. The van der Waals surface area contributed by atoms with Crippen LogP contribution in [-0.4, -0.2) is 53.5 Å². The van der Waals surface area contributed by atoms with Crippen LogP contribution >= 0.6 is 0 Å². The van der Waals surface area contributed by atoms with Crippen molar-refractivity contribution in [2.75, 3.05) is 35.1 Å². The van der Waals surface area contributed by atoms with Crippen LogP contribution in [0, 0.1) is 27.7 Å². The second kappa shape index (κ2) is 12.9.